The van der Waals surface area contributed by atoms with Crippen LogP contribution in [0.5, 0.6) is 5.75 Å². The number of rotatable bonds is 8. The van der Waals surface area contributed by atoms with E-state index in [1.807, 2.05) is 23.8 Å². The number of ether oxygens (including phenoxy) is 1. The van der Waals surface area contributed by atoms with Gasteiger partial charge in [0.05, 0.1) is 0 Å². The molecule has 1 aromatic carbocycles. The van der Waals surface area contributed by atoms with Crippen LogP contribution in [-0.2, 0) is 16.0 Å². The summed E-state index contributed by atoms with van der Waals surface area (Å²) in [5.74, 6) is 0.335. The summed E-state index contributed by atoms with van der Waals surface area (Å²) in [5, 5.41) is 9.55. The maximum atomic E-state index is 12.0. The van der Waals surface area contributed by atoms with Crippen LogP contribution in [0.1, 0.15) is 18.9 Å². The van der Waals surface area contributed by atoms with E-state index in [-0.39, 0.29) is 18.4 Å². The highest BCUT2D eigenvalue weighted by molar-refractivity contribution is 7.07. The van der Waals surface area contributed by atoms with Crippen LogP contribution in [0.4, 0.5) is 5.69 Å². The van der Waals surface area contributed by atoms with Crippen molar-refractivity contribution in [2.24, 2.45) is 0 Å². The normalized spacial score (nSPS) is 10.1. The number of thiophene rings is 1. The van der Waals surface area contributed by atoms with E-state index in [2.05, 4.69) is 10.6 Å². The molecule has 1 aromatic heterocycles. The zero-order valence-corrected chi connectivity index (χ0v) is 13.8. The second kappa shape index (κ2) is 8.95. The lowest BCUT2D eigenvalue weighted by Gasteiger charge is -2.09. The van der Waals surface area contributed by atoms with E-state index in [0.29, 0.717) is 24.4 Å². The molecule has 0 spiro atoms. The summed E-state index contributed by atoms with van der Waals surface area (Å²) in [4.78, 5) is 23.3. The Bertz CT molecular complexity index is 641. The third-order valence-corrected chi connectivity index (χ3v) is 3.81. The molecule has 6 heteroatoms. The van der Waals surface area contributed by atoms with Crippen molar-refractivity contribution in [3.05, 3.63) is 46.7 Å². The van der Waals surface area contributed by atoms with Gasteiger partial charge in [0.15, 0.2) is 6.61 Å². The molecule has 0 saturated heterocycles. The van der Waals surface area contributed by atoms with Crippen LogP contribution in [0.2, 0.25) is 0 Å². The number of aryl methyl sites for hydroxylation is 1. The third-order valence-electron chi connectivity index (χ3n) is 3.08. The molecule has 0 aliphatic carbocycles. The van der Waals surface area contributed by atoms with Crippen molar-refractivity contribution in [1.29, 1.82) is 0 Å². The highest BCUT2D eigenvalue weighted by Crippen LogP contribution is 2.18. The van der Waals surface area contributed by atoms with Crippen molar-refractivity contribution < 1.29 is 14.3 Å². The predicted molar refractivity (Wildman–Crippen MR) is 91.9 cm³/mol. The lowest BCUT2D eigenvalue weighted by Crippen LogP contribution is -2.28. The summed E-state index contributed by atoms with van der Waals surface area (Å²) in [6, 6.07) is 9.05. The van der Waals surface area contributed by atoms with E-state index in [1.165, 1.54) is 5.56 Å². The quantitative estimate of drug-likeness (QED) is 0.781. The fourth-order valence-electron chi connectivity index (χ4n) is 1.98. The Morgan fingerprint density at radius 3 is 2.83 bits per heavy atom. The highest BCUT2D eigenvalue weighted by Gasteiger charge is 2.06. The minimum atomic E-state index is -0.169. The second-order valence-corrected chi connectivity index (χ2v) is 5.73. The zero-order chi connectivity index (χ0) is 16.5. The lowest BCUT2D eigenvalue weighted by atomic mass is 10.2. The first-order valence-corrected chi connectivity index (χ1v) is 8.42. The molecule has 5 nitrogen and oxygen atoms in total. The highest BCUT2D eigenvalue weighted by atomic mass is 32.1. The molecule has 0 fully saturated rings. The molecule has 0 aliphatic heterocycles. The molecule has 0 unspecified atom stereocenters. The molecule has 1 heterocycles. The van der Waals surface area contributed by atoms with Crippen molar-refractivity contribution in [3.63, 3.8) is 0 Å². The summed E-state index contributed by atoms with van der Waals surface area (Å²) in [6.07, 6.45) is 1.16. The van der Waals surface area contributed by atoms with Crippen molar-refractivity contribution in [1.82, 2.24) is 5.32 Å². The first kappa shape index (κ1) is 17.0. The summed E-state index contributed by atoms with van der Waals surface area (Å²) in [7, 11) is 0. The fourth-order valence-corrected chi connectivity index (χ4v) is 2.68. The first-order chi connectivity index (χ1) is 11.2. The van der Waals surface area contributed by atoms with Crippen LogP contribution < -0.4 is 15.4 Å². The smallest absolute Gasteiger partial charge is 0.257 e. The van der Waals surface area contributed by atoms with Gasteiger partial charge in [-0.1, -0.05) is 6.07 Å². The molecule has 0 saturated carbocycles. The number of carbonyl (C=O) groups excluding carboxylic acids is 2. The van der Waals surface area contributed by atoms with E-state index in [4.69, 9.17) is 4.74 Å². The molecular weight excluding hydrogens is 312 g/mol. The molecule has 0 atom stereocenters. The second-order valence-electron chi connectivity index (χ2n) is 4.95. The molecule has 0 aliphatic rings. The van der Waals surface area contributed by atoms with Gasteiger partial charge >= 0.3 is 0 Å². The molecule has 0 bridgehead atoms. The molecule has 2 amide bonds. The van der Waals surface area contributed by atoms with Gasteiger partial charge in [0.1, 0.15) is 5.75 Å². The topological polar surface area (TPSA) is 67.4 Å². The number of benzene rings is 1. The van der Waals surface area contributed by atoms with Crippen molar-refractivity contribution >= 4 is 28.8 Å². The standard InChI is InChI=1S/C17H20N2O3S/c1-2-18-17(21)11-22-15-5-3-4-14(10-15)19-16(20)7-6-13-8-9-23-12-13/h3-5,8-10,12H,2,6-7,11H2,1H3,(H,18,21)(H,19,20). The fraction of sp³-hybridized carbons (Fsp3) is 0.294. The van der Waals surface area contributed by atoms with Gasteiger partial charge in [-0.2, -0.15) is 11.3 Å². The van der Waals surface area contributed by atoms with Gasteiger partial charge in [-0.3, -0.25) is 9.59 Å². The van der Waals surface area contributed by atoms with E-state index in [1.54, 1.807) is 35.6 Å². The lowest BCUT2D eigenvalue weighted by molar-refractivity contribution is -0.123. The van der Waals surface area contributed by atoms with E-state index in [0.717, 1.165) is 6.42 Å². The molecule has 2 rings (SSSR count). The van der Waals surface area contributed by atoms with Crippen molar-refractivity contribution in [2.45, 2.75) is 19.8 Å². The van der Waals surface area contributed by atoms with Crippen molar-refractivity contribution in [2.75, 3.05) is 18.5 Å². The van der Waals surface area contributed by atoms with Gasteiger partial charge in [0.2, 0.25) is 5.91 Å². The average molecular weight is 332 g/mol. The predicted octanol–water partition coefficient (Wildman–Crippen LogP) is 2.83. The van der Waals surface area contributed by atoms with Crippen LogP contribution >= 0.6 is 11.3 Å². The molecule has 122 valence electrons. The van der Waals surface area contributed by atoms with Gasteiger partial charge < -0.3 is 15.4 Å². The number of anilines is 1. The van der Waals surface area contributed by atoms with E-state index < -0.39 is 0 Å². The Hall–Kier alpha value is -2.34. The van der Waals surface area contributed by atoms with E-state index in [9.17, 15) is 9.59 Å². The van der Waals surface area contributed by atoms with Gasteiger partial charge in [0, 0.05) is 24.7 Å². The number of likely N-dealkylation sites (N-methyl/N-ethyl adjacent to an activating group) is 1. The minimum absolute atomic E-state index is 0.0383. The Labute approximate surface area is 139 Å². The molecular formula is C17H20N2O3S. The number of hydrogen-bond donors (Lipinski definition) is 2. The number of carbonyl (C=O) groups is 2. The summed E-state index contributed by atoms with van der Waals surface area (Å²) < 4.78 is 5.40. The number of nitrogens with one attached hydrogen (secondary N) is 2. The van der Waals surface area contributed by atoms with Gasteiger partial charge in [-0.25, -0.2) is 0 Å². The molecule has 2 N–H and O–H groups in total. The van der Waals surface area contributed by atoms with E-state index >= 15 is 0 Å². The maximum absolute atomic E-state index is 12.0. The Kier molecular flexibility index (Phi) is 6.62. The first-order valence-electron chi connectivity index (χ1n) is 7.48. The van der Waals surface area contributed by atoms with Crippen LogP contribution in [0, 0.1) is 0 Å². The maximum Gasteiger partial charge on any atom is 0.257 e. The summed E-state index contributed by atoms with van der Waals surface area (Å²) >= 11 is 1.63. The largest absolute Gasteiger partial charge is 0.484 e. The van der Waals surface area contributed by atoms with Crippen LogP contribution in [0.25, 0.3) is 0 Å². The SMILES string of the molecule is CCNC(=O)COc1cccc(NC(=O)CCc2ccsc2)c1. The molecule has 0 radical (unpaired) electrons. The molecule has 2 aromatic rings. The van der Waals surface area contributed by atoms with Crippen molar-refractivity contribution in [3.8, 4) is 5.75 Å². The Morgan fingerprint density at radius 2 is 2.09 bits per heavy atom. The minimum Gasteiger partial charge on any atom is -0.484 e. The number of hydrogen-bond acceptors (Lipinski definition) is 4. The third kappa shape index (κ3) is 6.12. The van der Waals surface area contributed by atoms with Crippen LogP contribution in [0.3, 0.4) is 0 Å². The van der Waals surface area contributed by atoms with Gasteiger partial charge in [-0.15, -0.1) is 0 Å². The summed E-state index contributed by atoms with van der Waals surface area (Å²) in [5.41, 5.74) is 1.83. The van der Waals surface area contributed by atoms with Crippen LogP contribution in [0.15, 0.2) is 41.1 Å². The zero-order valence-electron chi connectivity index (χ0n) is 13.0. The monoisotopic (exact) mass is 332 g/mol. The Balaban J connectivity index is 1.81. The van der Waals surface area contributed by atoms with Gasteiger partial charge in [-0.05, 0) is 47.9 Å². The Morgan fingerprint density at radius 1 is 1.22 bits per heavy atom. The molecule has 23 heavy (non-hydrogen) atoms. The van der Waals surface area contributed by atoms with Gasteiger partial charge in [0.25, 0.3) is 5.91 Å². The summed E-state index contributed by atoms with van der Waals surface area (Å²) in [6.45, 7) is 2.38. The number of amides is 2. The van der Waals surface area contributed by atoms with Crippen LogP contribution in [-0.4, -0.2) is 25.0 Å². The average Bonchev–Trinajstić information content (AvgIpc) is 3.05.